The van der Waals surface area contributed by atoms with E-state index in [-0.39, 0.29) is 24.3 Å². The van der Waals surface area contributed by atoms with Crippen LogP contribution in [-0.2, 0) is 16.0 Å². The maximum Gasteiger partial charge on any atom is 0.303 e. The molecule has 122 valence electrons. The van der Waals surface area contributed by atoms with Crippen LogP contribution >= 0.6 is 0 Å². The molecule has 1 aromatic carbocycles. The van der Waals surface area contributed by atoms with Gasteiger partial charge in [-0.1, -0.05) is 25.3 Å². The van der Waals surface area contributed by atoms with Gasteiger partial charge in [0, 0.05) is 19.0 Å². The van der Waals surface area contributed by atoms with Crippen LogP contribution in [0, 0.1) is 11.6 Å². The third-order valence-electron chi connectivity index (χ3n) is 3.26. The Hall–Kier alpha value is -1.98. The Morgan fingerprint density at radius 1 is 1.05 bits per heavy atom. The highest BCUT2D eigenvalue weighted by Gasteiger charge is 2.08. The third kappa shape index (κ3) is 7.71. The molecule has 0 saturated heterocycles. The Balaban J connectivity index is 2.10. The zero-order valence-corrected chi connectivity index (χ0v) is 12.4. The minimum atomic E-state index is -0.778. The maximum absolute atomic E-state index is 13.4. The van der Waals surface area contributed by atoms with Crippen LogP contribution in [0.3, 0.4) is 0 Å². The molecule has 0 unspecified atom stereocenters. The topological polar surface area (TPSA) is 66.4 Å². The fourth-order valence-corrected chi connectivity index (χ4v) is 2.06. The van der Waals surface area contributed by atoms with Gasteiger partial charge in [-0.15, -0.1) is 0 Å². The molecule has 0 saturated carbocycles. The lowest BCUT2D eigenvalue weighted by molar-refractivity contribution is -0.137. The van der Waals surface area contributed by atoms with Gasteiger partial charge in [0.1, 0.15) is 11.6 Å². The van der Waals surface area contributed by atoms with Crippen molar-refractivity contribution in [2.24, 2.45) is 0 Å². The first-order valence-corrected chi connectivity index (χ1v) is 7.41. The number of carboxylic acid groups (broad SMARTS) is 1. The molecule has 0 fully saturated rings. The average molecular weight is 313 g/mol. The van der Waals surface area contributed by atoms with E-state index in [0.29, 0.717) is 13.0 Å². The second-order valence-corrected chi connectivity index (χ2v) is 5.17. The van der Waals surface area contributed by atoms with Crippen molar-refractivity contribution in [1.29, 1.82) is 0 Å². The zero-order valence-electron chi connectivity index (χ0n) is 12.4. The number of benzene rings is 1. The first kappa shape index (κ1) is 18.1. The molecule has 22 heavy (non-hydrogen) atoms. The standard InChI is InChI=1S/C16H21F2NO3/c17-13-8-7-12(14(18)11-13)10-15(20)19-9-5-3-1-2-4-6-16(21)22/h7-8,11H,1-6,9-10H2,(H,19,20)(H,21,22). The van der Waals surface area contributed by atoms with Gasteiger partial charge in [0.15, 0.2) is 0 Å². The second-order valence-electron chi connectivity index (χ2n) is 5.17. The van der Waals surface area contributed by atoms with Gasteiger partial charge in [0.25, 0.3) is 0 Å². The molecule has 0 heterocycles. The molecule has 2 N–H and O–H groups in total. The average Bonchev–Trinajstić information content (AvgIpc) is 2.44. The number of hydrogen-bond acceptors (Lipinski definition) is 2. The summed E-state index contributed by atoms with van der Waals surface area (Å²) in [4.78, 5) is 21.9. The van der Waals surface area contributed by atoms with Gasteiger partial charge in [0.05, 0.1) is 6.42 Å². The Labute approximate surface area is 128 Å². The normalized spacial score (nSPS) is 10.5. The van der Waals surface area contributed by atoms with E-state index >= 15 is 0 Å². The van der Waals surface area contributed by atoms with E-state index in [0.717, 1.165) is 37.8 Å². The van der Waals surface area contributed by atoms with Crippen molar-refractivity contribution < 1.29 is 23.5 Å². The smallest absolute Gasteiger partial charge is 0.303 e. The van der Waals surface area contributed by atoms with Crippen LogP contribution in [-0.4, -0.2) is 23.5 Å². The summed E-state index contributed by atoms with van der Waals surface area (Å²) in [6.07, 6.45) is 4.25. The number of carbonyl (C=O) groups excluding carboxylic acids is 1. The van der Waals surface area contributed by atoms with Crippen LogP contribution < -0.4 is 5.32 Å². The lowest BCUT2D eigenvalue weighted by Gasteiger charge is -2.06. The van der Waals surface area contributed by atoms with Crippen LogP contribution in [0.15, 0.2) is 18.2 Å². The van der Waals surface area contributed by atoms with E-state index < -0.39 is 17.6 Å². The summed E-state index contributed by atoms with van der Waals surface area (Å²) in [6.45, 7) is 0.501. The molecule has 0 aliphatic heterocycles. The first-order chi connectivity index (χ1) is 10.5. The quantitative estimate of drug-likeness (QED) is 0.652. The molecule has 0 bridgehead atoms. The molecule has 0 aliphatic carbocycles. The molecule has 6 heteroatoms. The fourth-order valence-electron chi connectivity index (χ4n) is 2.06. The summed E-state index contributed by atoms with van der Waals surface area (Å²) in [5.74, 6) is -2.45. The van der Waals surface area contributed by atoms with Crippen molar-refractivity contribution in [3.8, 4) is 0 Å². The summed E-state index contributed by atoms with van der Waals surface area (Å²) >= 11 is 0. The van der Waals surface area contributed by atoms with Crippen LogP contribution in [0.1, 0.15) is 44.1 Å². The number of rotatable bonds is 10. The molecule has 1 amide bonds. The van der Waals surface area contributed by atoms with Crippen LogP contribution in [0.4, 0.5) is 8.78 Å². The highest BCUT2D eigenvalue weighted by Crippen LogP contribution is 2.10. The molecule has 1 aromatic rings. The van der Waals surface area contributed by atoms with Crippen molar-refractivity contribution in [2.45, 2.75) is 44.9 Å². The van der Waals surface area contributed by atoms with Gasteiger partial charge in [0.2, 0.25) is 5.91 Å². The first-order valence-electron chi connectivity index (χ1n) is 7.41. The molecule has 1 rings (SSSR count). The van der Waals surface area contributed by atoms with Crippen molar-refractivity contribution >= 4 is 11.9 Å². The van der Waals surface area contributed by atoms with Crippen molar-refractivity contribution in [3.05, 3.63) is 35.4 Å². The maximum atomic E-state index is 13.4. The fraction of sp³-hybridized carbons (Fsp3) is 0.500. The van der Waals surface area contributed by atoms with E-state index in [1.165, 1.54) is 6.07 Å². The van der Waals surface area contributed by atoms with Crippen LogP contribution in [0.2, 0.25) is 0 Å². The Bertz CT molecular complexity index is 506. The van der Waals surface area contributed by atoms with E-state index in [2.05, 4.69) is 5.32 Å². The van der Waals surface area contributed by atoms with Crippen molar-refractivity contribution in [1.82, 2.24) is 5.32 Å². The molecule has 4 nitrogen and oxygen atoms in total. The number of halogens is 2. The number of aliphatic carboxylic acids is 1. The Kier molecular flexibility index (Phi) is 8.10. The van der Waals surface area contributed by atoms with E-state index in [1.54, 1.807) is 0 Å². The van der Waals surface area contributed by atoms with Gasteiger partial charge in [-0.3, -0.25) is 9.59 Å². The molecule has 0 aliphatic rings. The highest BCUT2D eigenvalue weighted by atomic mass is 19.1. The SMILES string of the molecule is O=C(O)CCCCCCCNC(=O)Cc1ccc(F)cc1F. The van der Waals surface area contributed by atoms with E-state index in [4.69, 9.17) is 5.11 Å². The Morgan fingerprint density at radius 2 is 1.73 bits per heavy atom. The number of hydrogen-bond donors (Lipinski definition) is 2. The van der Waals surface area contributed by atoms with Gasteiger partial charge in [-0.25, -0.2) is 8.78 Å². The van der Waals surface area contributed by atoms with E-state index in [9.17, 15) is 18.4 Å². The third-order valence-corrected chi connectivity index (χ3v) is 3.26. The number of amides is 1. The van der Waals surface area contributed by atoms with Gasteiger partial charge in [-0.2, -0.15) is 0 Å². The summed E-state index contributed by atoms with van der Waals surface area (Å²) < 4.78 is 26.1. The number of unbranched alkanes of at least 4 members (excludes halogenated alkanes) is 4. The van der Waals surface area contributed by atoms with E-state index in [1.807, 2.05) is 0 Å². The zero-order chi connectivity index (χ0) is 16.4. The summed E-state index contributed by atoms with van der Waals surface area (Å²) in [7, 11) is 0. The predicted molar refractivity (Wildman–Crippen MR) is 78.4 cm³/mol. The second kappa shape index (κ2) is 9.87. The molecule has 0 radical (unpaired) electrons. The number of carbonyl (C=O) groups is 2. The summed E-state index contributed by atoms with van der Waals surface area (Å²) in [5.41, 5.74) is 0.174. The molecule has 0 aromatic heterocycles. The Morgan fingerprint density at radius 3 is 2.41 bits per heavy atom. The molecular formula is C16H21F2NO3. The molecule has 0 spiro atoms. The van der Waals surface area contributed by atoms with Crippen molar-refractivity contribution in [3.63, 3.8) is 0 Å². The lowest BCUT2D eigenvalue weighted by atomic mass is 10.1. The number of carboxylic acids is 1. The molecule has 0 atom stereocenters. The van der Waals surface area contributed by atoms with Gasteiger partial charge >= 0.3 is 5.97 Å². The lowest BCUT2D eigenvalue weighted by Crippen LogP contribution is -2.26. The minimum absolute atomic E-state index is 0.106. The number of nitrogens with one attached hydrogen (secondary N) is 1. The minimum Gasteiger partial charge on any atom is -0.481 e. The van der Waals surface area contributed by atoms with Crippen LogP contribution in [0.5, 0.6) is 0 Å². The van der Waals surface area contributed by atoms with Crippen LogP contribution in [0.25, 0.3) is 0 Å². The van der Waals surface area contributed by atoms with Gasteiger partial charge < -0.3 is 10.4 Å². The van der Waals surface area contributed by atoms with Crippen molar-refractivity contribution in [2.75, 3.05) is 6.54 Å². The highest BCUT2D eigenvalue weighted by molar-refractivity contribution is 5.78. The molecular weight excluding hydrogens is 292 g/mol. The largest absolute Gasteiger partial charge is 0.481 e. The monoisotopic (exact) mass is 313 g/mol. The summed E-state index contributed by atoms with van der Waals surface area (Å²) in [5, 5.41) is 11.2. The predicted octanol–water partition coefficient (Wildman–Crippen LogP) is 3.05. The van der Waals surface area contributed by atoms with Gasteiger partial charge in [-0.05, 0) is 24.5 Å². The summed E-state index contributed by atoms with van der Waals surface area (Å²) in [6, 6.07) is 3.16.